The van der Waals surface area contributed by atoms with Gasteiger partial charge in [0, 0.05) is 36.3 Å². The van der Waals surface area contributed by atoms with Gasteiger partial charge in [-0.1, -0.05) is 23.7 Å². The molecule has 4 rings (SSSR count). The SMILES string of the molecule is CCOC(=O)/C=C/C1=Cc2cccnc2C(C2CCN(SOOC)CC2)c2ccc(Cl)cc21. The monoisotopic (exact) mass is 486 g/mol. The number of carbonyl (C=O) groups is 1. The van der Waals surface area contributed by atoms with Gasteiger partial charge in [0.15, 0.2) is 0 Å². The Labute approximate surface area is 203 Å². The Balaban J connectivity index is 1.73. The second-order valence-electron chi connectivity index (χ2n) is 7.95. The lowest BCUT2D eigenvalue weighted by molar-refractivity contribution is -0.163. The highest BCUT2D eigenvalue weighted by Gasteiger charge is 2.34. The maximum absolute atomic E-state index is 12.0. The predicted octanol–water partition coefficient (Wildman–Crippen LogP) is 5.69. The number of allylic oxidation sites excluding steroid dienone is 2. The fourth-order valence-corrected chi connectivity index (χ4v) is 5.25. The Morgan fingerprint density at radius 3 is 2.88 bits per heavy atom. The summed E-state index contributed by atoms with van der Waals surface area (Å²) in [6, 6.07) is 10.1. The van der Waals surface area contributed by atoms with Gasteiger partial charge in [0.1, 0.15) is 12.2 Å². The predicted molar refractivity (Wildman–Crippen MR) is 131 cm³/mol. The Morgan fingerprint density at radius 2 is 2.12 bits per heavy atom. The summed E-state index contributed by atoms with van der Waals surface area (Å²) in [5.41, 5.74) is 5.22. The zero-order valence-electron chi connectivity index (χ0n) is 18.7. The lowest BCUT2D eigenvalue weighted by atomic mass is 9.76. The molecule has 1 aromatic carbocycles. The van der Waals surface area contributed by atoms with Gasteiger partial charge in [-0.25, -0.2) is 14.0 Å². The van der Waals surface area contributed by atoms with Crippen LogP contribution in [0.2, 0.25) is 5.02 Å². The largest absolute Gasteiger partial charge is 0.463 e. The summed E-state index contributed by atoms with van der Waals surface area (Å²) < 4.78 is 12.3. The molecule has 1 aromatic heterocycles. The molecule has 1 fully saturated rings. The van der Waals surface area contributed by atoms with Crippen LogP contribution in [-0.2, 0) is 18.8 Å². The molecular formula is C25H27ClN2O4S. The van der Waals surface area contributed by atoms with Crippen LogP contribution < -0.4 is 0 Å². The Bertz CT molecular complexity index is 1050. The van der Waals surface area contributed by atoms with Crippen molar-refractivity contribution in [3.8, 4) is 0 Å². The smallest absolute Gasteiger partial charge is 0.330 e. The van der Waals surface area contributed by atoms with Crippen LogP contribution in [0.5, 0.6) is 0 Å². The highest BCUT2D eigenvalue weighted by Crippen LogP contribution is 2.45. The third kappa shape index (κ3) is 5.67. The highest BCUT2D eigenvalue weighted by atomic mass is 35.5. The number of piperidine rings is 1. The summed E-state index contributed by atoms with van der Waals surface area (Å²) in [4.78, 5) is 21.6. The second-order valence-corrected chi connectivity index (χ2v) is 9.19. The standard InChI is InChI=1S/C25H27ClN2O4S/c1-3-31-23(29)9-6-18-15-19-5-4-12-27-25(19)24(21-8-7-20(26)16-22(18)21)17-10-13-28(14-11-17)33-32-30-2/h4-9,12,15-17,24H,3,10-11,13-14H2,1-2H3/b9-6+. The molecular weight excluding hydrogens is 460 g/mol. The van der Waals surface area contributed by atoms with E-state index in [-0.39, 0.29) is 11.9 Å². The number of pyridine rings is 1. The minimum absolute atomic E-state index is 0.119. The van der Waals surface area contributed by atoms with Crippen LogP contribution in [0.15, 0.2) is 48.7 Å². The third-order valence-corrected chi connectivity index (χ3v) is 7.01. The van der Waals surface area contributed by atoms with Crippen molar-refractivity contribution >= 4 is 41.4 Å². The van der Waals surface area contributed by atoms with E-state index in [1.165, 1.54) is 31.0 Å². The van der Waals surface area contributed by atoms with E-state index < -0.39 is 0 Å². The van der Waals surface area contributed by atoms with E-state index in [2.05, 4.69) is 22.5 Å². The van der Waals surface area contributed by atoms with Crippen LogP contribution in [0, 0.1) is 5.92 Å². The quantitative estimate of drug-likeness (QED) is 0.124. The summed E-state index contributed by atoms with van der Waals surface area (Å²) in [7, 11) is 1.51. The van der Waals surface area contributed by atoms with E-state index in [1.54, 1.807) is 6.92 Å². The topological polar surface area (TPSA) is 60.9 Å². The number of halogens is 1. The van der Waals surface area contributed by atoms with Gasteiger partial charge in [-0.05, 0) is 78.3 Å². The fraction of sp³-hybridized carbons (Fsp3) is 0.360. The van der Waals surface area contributed by atoms with Crippen LogP contribution >= 0.6 is 23.8 Å². The summed E-state index contributed by atoms with van der Waals surface area (Å²) in [5.74, 6) is 0.158. The van der Waals surface area contributed by atoms with Crippen molar-refractivity contribution in [1.82, 2.24) is 9.29 Å². The number of rotatable bonds is 7. The maximum Gasteiger partial charge on any atom is 0.330 e. The number of hydrogen-bond acceptors (Lipinski definition) is 7. The highest BCUT2D eigenvalue weighted by molar-refractivity contribution is 7.92. The average Bonchev–Trinajstić information content (AvgIpc) is 2.96. The molecule has 174 valence electrons. The van der Waals surface area contributed by atoms with Gasteiger partial charge in [0.25, 0.3) is 0 Å². The number of hydrogen-bond donors (Lipinski definition) is 0. The summed E-state index contributed by atoms with van der Waals surface area (Å²) in [6.45, 7) is 3.92. The van der Waals surface area contributed by atoms with Gasteiger partial charge < -0.3 is 4.74 Å². The number of aromatic nitrogens is 1. The number of esters is 1. The molecule has 0 radical (unpaired) electrons. The molecule has 8 heteroatoms. The first-order valence-electron chi connectivity index (χ1n) is 11.0. The molecule has 1 unspecified atom stereocenters. The summed E-state index contributed by atoms with van der Waals surface area (Å²) >= 11 is 7.68. The molecule has 2 aromatic rings. The first kappa shape index (κ1) is 24.0. The third-order valence-electron chi connectivity index (χ3n) is 6.00. The van der Waals surface area contributed by atoms with E-state index >= 15 is 0 Å². The molecule has 1 aliphatic heterocycles. The minimum atomic E-state index is -0.364. The van der Waals surface area contributed by atoms with Crippen molar-refractivity contribution < 1.29 is 18.8 Å². The molecule has 1 saturated heterocycles. The molecule has 2 aliphatic rings. The van der Waals surface area contributed by atoms with Crippen molar-refractivity contribution in [1.29, 1.82) is 0 Å². The number of nitrogens with zero attached hydrogens (tertiary/aromatic N) is 2. The number of carbonyl (C=O) groups excluding carboxylic acids is 1. The van der Waals surface area contributed by atoms with Gasteiger partial charge in [0.2, 0.25) is 0 Å². The molecule has 0 saturated carbocycles. The normalized spacial score (nSPS) is 19.0. The first-order chi connectivity index (χ1) is 16.1. The zero-order chi connectivity index (χ0) is 23.2. The van der Waals surface area contributed by atoms with Gasteiger partial charge in [-0.2, -0.15) is 0 Å². The van der Waals surface area contributed by atoms with Crippen molar-refractivity contribution in [3.63, 3.8) is 0 Å². The van der Waals surface area contributed by atoms with E-state index in [9.17, 15) is 4.79 Å². The van der Waals surface area contributed by atoms with Gasteiger partial charge >= 0.3 is 5.97 Å². The van der Waals surface area contributed by atoms with Crippen molar-refractivity contribution in [2.75, 3.05) is 26.8 Å². The Hall–Kier alpha value is -2.16. The second kappa shape index (κ2) is 11.3. The molecule has 0 amide bonds. The van der Waals surface area contributed by atoms with E-state index in [4.69, 9.17) is 30.5 Å². The molecule has 0 spiro atoms. The molecule has 0 bridgehead atoms. The van der Waals surface area contributed by atoms with Gasteiger partial charge in [0.05, 0.1) is 19.4 Å². The molecule has 33 heavy (non-hydrogen) atoms. The van der Waals surface area contributed by atoms with Crippen LogP contribution in [0.3, 0.4) is 0 Å². The lowest BCUT2D eigenvalue weighted by Crippen LogP contribution is -2.32. The molecule has 2 heterocycles. The summed E-state index contributed by atoms with van der Waals surface area (Å²) in [6.07, 6.45) is 9.22. The van der Waals surface area contributed by atoms with Crippen LogP contribution in [0.25, 0.3) is 11.6 Å². The van der Waals surface area contributed by atoms with E-state index in [0.29, 0.717) is 17.5 Å². The van der Waals surface area contributed by atoms with Crippen molar-refractivity contribution in [3.05, 3.63) is 76.1 Å². The molecule has 6 nitrogen and oxygen atoms in total. The average molecular weight is 487 g/mol. The number of fused-ring (bicyclic) bond motifs is 2. The van der Waals surface area contributed by atoms with Crippen LogP contribution in [0.4, 0.5) is 0 Å². The first-order valence-corrected chi connectivity index (χ1v) is 12.1. The number of ether oxygens (including phenoxy) is 1. The zero-order valence-corrected chi connectivity index (χ0v) is 20.3. The van der Waals surface area contributed by atoms with Crippen molar-refractivity contribution in [2.24, 2.45) is 5.92 Å². The number of benzene rings is 1. The summed E-state index contributed by atoms with van der Waals surface area (Å²) in [5, 5.41) is 0.657. The van der Waals surface area contributed by atoms with Crippen molar-refractivity contribution in [2.45, 2.75) is 25.7 Å². The minimum Gasteiger partial charge on any atom is -0.463 e. The van der Waals surface area contributed by atoms with Gasteiger partial charge in [-0.15, -0.1) is 4.33 Å². The Morgan fingerprint density at radius 1 is 1.30 bits per heavy atom. The Kier molecular flexibility index (Phi) is 8.22. The van der Waals surface area contributed by atoms with E-state index in [0.717, 1.165) is 48.3 Å². The fourth-order valence-electron chi connectivity index (χ4n) is 4.57. The molecule has 0 N–H and O–H groups in total. The maximum atomic E-state index is 12.0. The van der Waals surface area contributed by atoms with Gasteiger partial charge in [-0.3, -0.25) is 4.98 Å². The van der Waals surface area contributed by atoms with Crippen LogP contribution in [-0.4, -0.2) is 42.1 Å². The molecule has 1 aliphatic carbocycles. The van der Waals surface area contributed by atoms with Crippen LogP contribution in [0.1, 0.15) is 48.1 Å². The lowest BCUT2D eigenvalue weighted by Gasteiger charge is -2.35. The van der Waals surface area contributed by atoms with E-state index in [1.807, 2.05) is 30.5 Å². The molecule has 1 atom stereocenters.